The third-order valence-corrected chi connectivity index (χ3v) is 3.96. The summed E-state index contributed by atoms with van der Waals surface area (Å²) >= 11 is 0. The molecular weight excluding hydrogens is 256 g/mol. The number of phenols is 1. The summed E-state index contributed by atoms with van der Waals surface area (Å²) in [5.41, 5.74) is 2.43. The van der Waals surface area contributed by atoms with Crippen LogP contribution in [0.4, 0.5) is 0 Å². The third-order valence-electron chi connectivity index (χ3n) is 3.96. The molecule has 0 aliphatic heterocycles. The van der Waals surface area contributed by atoms with Gasteiger partial charge in [0.25, 0.3) is 0 Å². The Kier molecular flexibility index (Phi) is 2.65. The predicted molar refractivity (Wildman–Crippen MR) is 88.6 cm³/mol. The van der Waals surface area contributed by atoms with Gasteiger partial charge < -0.3 is 5.11 Å². The molecule has 21 heavy (non-hydrogen) atoms. The highest BCUT2D eigenvalue weighted by Gasteiger charge is 2.05. The lowest BCUT2D eigenvalue weighted by atomic mass is 9.97. The van der Waals surface area contributed by atoms with Crippen molar-refractivity contribution in [1.82, 2.24) is 0 Å². The minimum atomic E-state index is 0.335. The zero-order valence-electron chi connectivity index (χ0n) is 11.5. The molecule has 100 valence electrons. The topological polar surface area (TPSA) is 20.2 Å². The lowest BCUT2D eigenvalue weighted by Gasteiger charge is -2.08. The standard InChI is InChI=1S/C20H14O/c21-20-8-4-7-18-17-11-9-15(14-5-2-1-3-6-14)13-16(17)10-12-19(18)20/h1-13,21H. The zero-order valence-corrected chi connectivity index (χ0v) is 11.5. The number of hydrogen-bond donors (Lipinski definition) is 1. The Morgan fingerprint density at radius 3 is 2.19 bits per heavy atom. The van der Waals surface area contributed by atoms with Crippen LogP contribution in [0.3, 0.4) is 0 Å². The molecule has 0 aliphatic rings. The van der Waals surface area contributed by atoms with Crippen LogP contribution in [0, 0.1) is 0 Å². The second-order valence-electron chi connectivity index (χ2n) is 5.24. The highest BCUT2D eigenvalue weighted by atomic mass is 16.3. The molecule has 0 unspecified atom stereocenters. The number of phenolic OH excluding ortho intramolecular Hbond substituents is 1. The Morgan fingerprint density at radius 1 is 0.524 bits per heavy atom. The van der Waals surface area contributed by atoms with Crippen LogP contribution < -0.4 is 0 Å². The van der Waals surface area contributed by atoms with Crippen molar-refractivity contribution in [3.63, 3.8) is 0 Å². The van der Waals surface area contributed by atoms with E-state index >= 15 is 0 Å². The van der Waals surface area contributed by atoms with Crippen LogP contribution in [-0.2, 0) is 0 Å². The van der Waals surface area contributed by atoms with Crippen LogP contribution in [0.2, 0.25) is 0 Å². The van der Waals surface area contributed by atoms with Crippen molar-refractivity contribution in [2.75, 3.05) is 0 Å². The zero-order chi connectivity index (χ0) is 14.2. The first kappa shape index (κ1) is 12.0. The van der Waals surface area contributed by atoms with Crippen LogP contribution in [0.15, 0.2) is 78.9 Å². The van der Waals surface area contributed by atoms with Crippen LogP contribution >= 0.6 is 0 Å². The fraction of sp³-hybridized carbons (Fsp3) is 0. The van der Waals surface area contributed by atoms with Crippen molar-refractivity contribution >= 4 is 21.5 Å². The van der Waals surface area contributed by atoms with Gasteiger partial charge >= 0.3 is 0 Å². The maximum atomic E-state index is 9.96. The fourth-order valence-electron chi connectivity index (χ4n) is 2.89. The molecule has 0 heterocycles. The normalized spacial score (nSPS) is 11.0. The van der Waals surface area contributed by atoms with Crippen LogP contribution in [0.25, 0.3) is 32.7 Å². The van der Waals surface area contributed by atoms with Gasteiger partial charge in [0, 0.05) is 5.39 Å². The number of rotatable bonds is 1. The van der Waals surface area contributed by atoms with Crippen molar-refractivity contribution in [2.45, 2.75) is 0 Å². The summed E-state index contributed by atoms with van der Waals surface area (Å²) in [6, 6.07) is 26.6. The maximum Gasteiger partial charge on any atom is 0.123 e. The molecule has 0 saturated carbocycles. The third kappa shape index (κ3) is 1.95. The molecule has 0 aromatic heterocycles. The molecule has 0 atom stereocenters. The Balaban J connectivity index is 2.00. The van der Waals surface area contributed by atoms with Gasteiger partial charge in [-0.15, -0.1) is 0 Å². The van der Waals surface area contributed by atoms with Gasteiger partial charge in [0.2, 0.25) is 0 Å². The van der Waals surface area contributed by atoms with E-state index in [1.165, 1.54) is 21.9 Å². The van der Waals surface area contributed by atoms with E-state index in [9.17, 15) is 5.11 Å². The lowest BCUT2D eigenvalue weighted by molar-refractivity contribution is 0.481. The number of hydrogen-bond acceptors (Lipinski definition) is 1. The highest BCUT2D eigenvalue weighted by Crippen LogP contribution is 2.33. The Hall–Kier alpha value is -2.80. The molecule has 1 heteroatoms. The molecule has 4 rings (SSSR count). The van der Waals surface area contributed by atoms with Gasteiger partial charge in [-0.2, -0.15) is 0 Å². The summed E-state index contributed by atoms with van der Waals surface area (Å²) in [4.78, 5) is 0. The van der Waals surface area contributed by atoms with E-state index in [0.29, 0.717) is 5.75 Å². The lowest BCUT2D eigenvalue weighted by Crippen LogP contribution is -1.81. The van der Waals surface area contributed by atoms with E-state index in [0.717, 1.165) is 10.8 Å². The van der Waals surface area contributed by atoms with E-state index in [4.69, 9.17) is 0 Å². The minimum Gasteiger partial charge on any atom is -0.507 e. The van der Waals surface area contributed by atoms with Crippen LogP contribution in [0.1, 0.15) is 0 Å². The number of aromatic hydroxyl groups is 1. The summed E-state index contributed by atoms with van der Waals surface area (Å²) < 4.78 is 0. The van der Waals surface area contributed by atoms with Gasteiger partial charge in [-0.3, -0.25) is 0 Å². The summed E-state index contributed by atoms with van der Waals surface area (Å²) in [5.74, 6) is 0.335. The first-order valence-electron chi connectivity index (χ1n) is 7.03. The SMILES string of the molecule is Oc1cccc2c1ccc1cc(-c3ccccc3)ccc12. The van der Waals surface area contributed by atoms with Crippen LogP contribution in [0.5, 0.6) is 5.75 Å². The molecule has 0 radical (unpaired) electrons. The van der Waals surface area contributed by atoms with E-state index in [1.807, 2.05) is 18.2 Å². The average molecular weight is 270 g/mol. The average Bonchev–Trinajstić information content (AvgIpc) is 2.55. The van der Waals surface area contributed by atoms with E-state index in [2.05, 4.69) is 54.6 Å². The quantitative estimate of drug-likeness (QED) is 0.461. The molecule has 0 bridgehead atoms. The molecule has 0 amide bonds. The first-order valence-corrected chi connectivity index (χ1v) is 7.03. The Bertz CT molecular complexity index is 940. The van der Waals surface area contributed by atoms with Gasteiger partial charge in [-0.25, -0.2) is 0 Å². The molecule has 1 nitrogen and oxygen atoms in total. The Morgan fingerprint density at radius 2 is 1.33 bits per heavy atom. The van der Waals surface area contributed by atoms with Crippen molar-refractivity contribution in [2.24, 2.45) is 0 Å². The monoisotopic (exact) mass is 270 g/mol. The minimum absolute atomic E-state index is 0.335. The van der Waals surface area contributed by atoms with Gasteiger partial charge in [0.1, 0.15) is 5.75 Å². The summed E-state index contributed by atoms with van der Waals surface area (Å²) in [6.45, 7) is 0. The molecule has 0 fully saturated rings. The molecule has 4 aromatic rings. The predicted octanol–water partition coefficient (Wildman–Crippen LogP) is 5.37. The van der Waals surface area contributed by atoms with Crippen molar-refractivity contribution in [3.05, 3.63) is 78.9 Å². The molecule has 1 N–H and O–H groups in total. The van der Waals surface area contributed by atoms with Gasteiger partial charge in [-0.1, -0.05) is 66.7 Å². The van der Waals surface area contributed by atoms with E-state index < -0.39 is 0 Å². The van der Waals surface area contributed by atoms with Gasteiger partial charge in [0.05, 0.1) is 0 Å². The fourth-order valence-corrected chi connectivity index (χ4v) is 2.89. The molecule has 0 aliphatic carbocycles. The van der Waals surface area contributed by atoms with Gasteiger partial charge in [0.15, 0.2) is 0 Å². The summed E-state index contributed by atoms with van der Waals surface area (Å²) in [7, 11) is 0. The molecular formula is C20H14O. The van der Waals surface area contributed by atoms with E-state index in [-0.39, 0.29) is 0 Å². The van der Waals surface area contributed by atoms with Crippen molar-refractivity contribution < 1.29 is 5.11 Å². The second kappa shape index (κ2) is 4.64. The smallest absolute Gasteiger partial charge is 0.123 e. The highest BCUT2D eigenvalue weighted by molar-refractivity contribution is 6.10. The summed E-state index contributed by atoms with van der Waals surface area (Å²) in [6.07, 6.45) is 0. The maximum absolute atomic E-state index is 9.96. The van der Waals surface area contributed by atoms with E-state index in [1.54, 1.807) is 6.07 Å². The summed E-state index contributed by atoms with van der Waals surface area (Å²) in [5, 5.41) is 14.3. The van der Waals surface area contributed by atoms with Crippen LogP contribution in [-0.4, -0.2) is 5.11 Å². The molecule has 0 saturated heterocycles. The van der Waals surface area contributed by atoms with Crippen molar-refractivity contribution in [1.29, 1.82) is 0 Å². The second-order valence-corrected chi connectivity index (χ2v) is 5.24. The van der Waals surface area contributed by atoms with Crippen molar-refractivity contribution in [3.8, 4) is 16.9 Å². The largest absolute Gasteiger partial charge is 0.507 e. The number of fused-ring (bicyclic) bond motifs is 3. The van der Waals surface area contributed by atoms with Gasteiger partial charge in [-0.05, 0) is 39.4 Å². The number of benzene rings is 4. The molecule has 0 spiro atoms. The first-order chi connectivity index (χ1) is 10.3. The molecule has 4 aromatic carbocycles. The Labute approximate surface area is 123 Å².